The monoisotopic (exact) mass is 344 g/mol. The summed E-state index contributed by atoms with van der Waals surface area (Å²) in [5.74, 6) is 0. The Morgan fingerprint density at radius 2 is 1.67 bits per heavy atom. The Morgan fingerprint density at radius 1 is 1.00 bits per heavy atom. The van der Waals surface area contributed by atoms with E-state index in [9.17, 15) is 8.42 Å². The minimum absolute atomic E-state index is 0.328. The van der Waals surface area contributed by atoms with Crippen molar-refractivity contribution in [2.24, 2.45) is 0 Å². The first kappa shape index (κ1) is 18.4. The number of sulfonamides is 1. The molecule has 0 heterocycles. The highest BCUT2D eigenvalue weighted by Gasteiger charge is 2.16. The van der Waals surface area contributed by atoms with Crippen molar-refractivity contribution in [3.63, 3.8) is 0 Å². The lowest BCUT2D eigenvalue weighted by atomic mass is 10.1. The van der Waals surface area contributed by atoms with Crippen LogP contribution in [0.25, 0.3) is 10.8 Å². The Morgan fingerprint density at radius 3 is 2.38 bits per heavy atom. The molecule has 24 heavy (non-hydrogen) atoms. The molecule has 0 fully saturated rings. The van der Waals surface area contributed by atoms with Gasteiger partial charge in [-0.05, 0) is 17.9 Å². The molecule has 0 aliphatic rings. The van der Waals surface area contributed by atoms with E-state index >= 15 is 0 Å². The summed E-state index contributed by atoms with van der Waals surface area (Å²) in [4.78, 5) is 2.49. The van der Waals surface area contributed by atoms with Crippen LogP contribution in [-0.2, 0) is 10.0 Å². The zero-order valence-electron chi connectivity index (χ0n) is 13.8. The molecule has 0 radical (unpaired) electrons. The largest absolute Gasteiger partial charge is 0.296 e. The van der Waals surface area contributed by atoms with Gasteiger partial charge in [0.15, 0.2) is 0 Å². The van der Waals surface area contributed by atoms with Gasteiger partial charge in [-0.25, -0.2) is 13.1 Å². The highest BCUT2D eigenvalue weighted by Crippen LogP contribution is 2.22. The van der Waals surface area contributed by atoms with Gasteiger partial charge in [0.2, 0.25) is 10.0 Å². The maximum atomic E-state index is 12.6. The molecule has 1 N–H and O–H groups in total. The van der Waals surface area contributed by atoms with Crippen molar-refractivity contribution in [2.75, 3.05) is 26.2 Å². The summed E-state index contributed by atoms with van der Waals surface area (Å²) in [6.07, 6.45) is 4.40. The average Bonchev–Trinajstić information content (AvgIpc) is 2.58. The van der Waals surface area contributed by atoms with Crippen LogP contribution < -0.4 is 4.72 Å². The molecule has 0 amide bonds. The molecular weight excluding hydrogens is 320 g/mol. The molecule has 0 aliphatic heterocycles. The quantitative estimate of drug-likeness (QED) is 0.532. The average molecular weight is 344 g/mol. The van der Waals surface area contributed by atoms with E-state index in [1.54, 1.807) is 12.1 Å². The van der Waals surface area contributed by atoms with Crippen LogP contribution in [0.3, 0.4) is 0 Å². The van der Waals surface area contributed by atoms with Gasteiger partial charge in [-0.3, -0.25) is 4.90 Å². The third-order valence-corrected chi connectivity index (χ3v) is 5.28. The summed E-state index contributed by atoms with van der Waals surface area (Å²) in [7, 11) is -3.52. The molecule has 2 aromatic carbocycles. The van der Waals surface area contributed by atoms with Gasteiger partial charge in [0.1, 0.15) is 0 Å². The summed E-state index contributed by atoms with van der Waals surface area (Å²) in [5.41, 5.74) is 0. The normalized spacial score (nSPS) is 11.7. The lowest BCUT2D eigenvalue weighted by Crippen LogP contribution is -2.30. The summed E-state index contributed by atoms with van der Waals surface area (Å²) >= 11 is 0. The Balaban J connectivity index is 2.01. The SMILES string of the molecule is C=CCN(CC=C)CCCNS(=O)(=O)c1cccc2ccccc12. The standard InChI is InChI=1S/C19H24N2O2S/c1-3-14-21(15-4-2)16-8-13-20-24(22,23)19-12-7-10-17-9-5-6-11-18(17)19/h3-7,9-12,20H,1-2,8,13-16H2. The number of fused-ring (bicyclic) bond motifs is 1. The Kier molecular flexibility index (Phi) is 6.73. The Labute approximate surface area is 144 Å². The van der Waals surface area contributed by atoms with E-state index in [1.807, 2.05) is 42.5 Å². The van der Waals surface area contributed by atoms with Crippen molar-refractivity contribution in [2.45, 2.75) is 11.3 Å². The second-order valence-electron chi connectivity index (χ2n) is 5.57. The number of rotatable bonds is 10. The number of benzene rings is 2. The smallest absolute Gasteiger partial charge is 0.241 e. The molecular formula is C19H24N2O2S. The summed E-state index contributed by atoms with van der Waals surface area (Å²) in [5, 5.41) is 1.66. The molecule has 0 aliphatic carbocycles. The fourth-order valence-electron chi connectivity index (χ4n) is 2.64. The van der Waals surface area contributed by atoms with E-state index < -0.39 is 10.0 Å². The molecule has 0 unspecified atom stereocenters. The van der Waals surface area contributed by atoms with Crippen LogP contribution in [0.15, 0.2) is 72.7 Å². The number of hydrogen-bond donors (Lipinski definition) is 1. The maximum absolute atomic E-state index is 12.6. The minimum Gasteiger partial charge on any atom is -0.296 e. The molecule has 128 valence electrons. The van der Waals surface area contributed by atoms with Crippen LogP contribution in [-0.4, -0.2) is 39.5 Å². The Hall–Kier alpha value is -1.95. The molecule has 0 aromatic heterocycles. The fourth-order valence-corrected chi connectivity index (χ4v) is 3.94. The molecule has 0 saturated carbocycles. The van der Waals surface area contributed by atoms with Crippen molar-refractivity contribution in [3.05, 3.63) is 67.8 Å². The zero-order valence-corrected chi connectivity index (χ0v) is 14.6. The molecule has 2 aromatic rings. The number of nitrogens with zero attached hydrogens (tertiary/aromatic N) is 1. The molecule has 0 atom stereocenters. The van der Waals surface area contributed by atoms with Crippen LogP contribution in [0, 0.1) is 0 Å². The minimum atomic E-state index is -3.52. The van der Waals surface area contributed by atoms with E-state index in [2.05, 4.69) is 22.8 Å². The maximum Gasteiger partial charge on any atom is 0.241 e. The highest BCUT2D eigenvalue weighted by molar-refractivity contribution is 7.89. The number of nitrogens with one attached hydrogen (secondary N) is 1. The molecule has 2 rings (SSSR count). The summed E-state index contributed by atoms with van der Waals surface area (Å²) in [6.45, 7) is 10.2. The van der Waals surface area contributed by atoms with Crippen molar-refractivity contribution in [3.8, 4) is 0 Å². The summed E-state index contributed by atoms with van der Waals surface area (Å²) < 4.78 is 27.9. The van der Waals surface area contributed by atoms with Crippen LogP contribution in [0.1, 0.15) is 6.42 Å². The van der Waals surface area contributed by atoms with Crippen LogP contribution in [0.4, 0.5) is 0 Å². The predicted octanol–water partition coefficient (Wildman–Crippen LogP) is 3.18. The van der Waals surface area contributed by atoms with Crippen LogP contribution in [0.2, 0.25) is 0 Å². The van der Waals surface area contributed by atoms with Gasteiger partial charge in [0, 0.05) is 31.6 Å². The lowest BCUT2D eigenvalue weighted by Gasteiger charge is -2.18. The number of hydrogen-bond acceptors (Lipinski definition) is 3. The lowest BCUT2D eigenvalue weighted by molar-refractivity contribution is 0.331. The zero-order chi connectivity index (χ0) is 17.4. The van der Waals surface area contributed by atoms with E-state index in [0.29, 0.717) is 11.4 Å². The van der Waals surface area contributed by atoms with E-state index in [4.69, 9.17) is 0 Å². The van der Waals surface area contributed by atoms with Gasteiger partial charge < -0.3 is 0 Å². The highest BCUT2D eigenvalue weighted by atomic mass is 32.2. The van der Waals surface area contributed by atoms with Crippen molar-refractivity contribution in [1.82, 2.24) is 9.62 Å². The van der Waals surface area contributed by atoms with Gasteiger partial charge in [0.25, 0.3) is 0 Å². The topological polar surface area (TPSA) is 49.4 Å². The second kappa shape index (κ2) is 8.78. The van der Waals surface area contributed by atoms with E-state index in [1.165, 1.54) is 0 Å². The Bertz CT molecular complexity index is 785. The third kappa shape index (κ3) is 4.77. The molecule has 0 bridgehead atoms. The van der Waals surface area contributed by atoms with Crippen molar-refractivity contribution < 1.29 is 8.42 Å². The van der Waals surface area contributed by atoms with Gasteiger partial charge in [-0.2, -0.15) is 0 Å². The molecule has 0 spiro atoms. The van der Waals surface area contributed by atoms with Crippen molar-refractivity contribution >= 4 is 20.8 Å². The molecule has 5 heteroatoms. The first-order valence-corrected chi connectivity index (χ1v) is 9.48. The van der Waals surface area contributed by atoms with Gasteiger partial charge in [-0.1, -0.05) is 48.6 Å². The van der Waals surface area contributed by atoms with Crippen LogP contribution >= 0.6 is 0 Å². The molecule has 4 nitrogen and oxygen atoms in total. The first-order chi connectivity index (χ1) is 11.6. The van der Waals surface area contributed by atoms with E-state index in [0.717, 1.165) is 36.8 Å². The van der Waals surface area contributed by atoms with Crippen molar-refractivity contribution in [1.29, 1.82) is 0 Å². The molecule has 0 saturated heterocycles. The summed E-state index contributed by atoms with van der Waals surface area (Å²) in [6, 6.07) is 12.8. The fraction of sp³-hybridized carbons (Fsp3) is 0.263. The van der Waals surface area contributed by atoms with Gasteiger partial charge >= 0.3 is 0 Å². The van der Waals surface area contributed by atoms with E-state index in [-0.39, 0.29) is 0 Å². The van der Waals surface area contributed by atoms with Crippen LogP contribution in [0.5, 0.6) is 0 Å². The van der Waals surface area contributed by atoms with Gasteiger partial charge in [-0.15, -0.1) is 13.2 Å². The first-order valence-electron chi connectivity index (χ1n) is 8.00. The predicted molar refractivity (Wildman–Crippen MR) is 101 cm³/mol. The second-order valence-corrected chi connectivity index (χ2v) is 7.30. The van der Waals surface area contributed by atoms with Gasteiger partial charge in [0.05, 0.1) is 4.90 Å². The third-order valence-electron chi connectivity index (χ3n) is 3.76.